The van der Waals surface area contributed by atoms with E-state index < -0.39 is 5.97 Å². The molecule has 0 aliphatic rings. The Kier molecular flexibility index (Phi) is 9.81. The van der Waals surface area contributed by atoms with E-state index in [-0.39, 0.29) is 18.8 Å². The molecule has 4 heteroatoms. The lowest BCUT2D eigenvalue weighted by atomic mass is 10.0. The van der Waals surface area contributed by atoms with Crippen molar-refractivity contribution in [2.24, 2.45) is 5.92 Å². The van der Waals surface area contributed by atoms with Crippen LogP contribution in [0.3, 0.4) is 0 Å². The fourth-order valence-electron chi connectivity index (χ4n) is 2.45. The van der Waals surface area contributed by atoms with Crippen LogP contribution in [-0.4, -0.2) is 18.5 Å². The van der Waals surface area contributed by atoms with Gasteiger partial charge in [0, 0.05) is 0 Å². The second kappa shape index (κ2) is 11.7. The number of para-hydroxylation sites is 1. The van der Waals surface area contributed by atoms with Crippen molar-refractivity contribution >= 4 is 11.9 Å². The molecule has 0 bridgehead atoms. The summed E-state index contributed by atoms with van der Waals surface area (Å²) in [5.41, 5.74) is 0.982. The van der Waals surface area contributed by atoms with Crippen LogP contribution in [0, 0.1) is 5.92 Å². The monoisotopic (exact) mass is 334 g/mol. The van der Waals surface area contributed by atoms with Crippen molar-refractivity contribution in [3.8, 4) is 5.75 Å². The van der Waals surface area contributed by atoms with E-state index in [1.165, 1.54) is 0 Å². The zero-order valence-corrected chi connectivity index (χ0v) is 15.2. The minimum Gasteiger partial charge on any atom is -0.465 e. The van der Waals surface area contributed by atoms with Crippen LogP contribution in [0.1, 0.15) is 64.9 Å². The summed E-state index contributed by atoms with van der Waals surface area (Å²) < 4.78 is 10.6. The van der Waals surface area contributed by atoms with E-state index in [2.05, 4.69) is 13.8 Å². The van der Waals surface area contributed by atoms with Gasteiger partial charge in [-0.1, -0.05) is 58.2 Å². The smallest absolute Gasteiger partial charge is 0.311 e. The van der Waals surface area contributed by atoms with Crippen molar-refractivity contribution in [3.05, 3.63) is 29.8 Å². The molecule has 134 valence electrons. The molecule has 4 nitrogen and oxygen atoms in total. The molecule has 0 fully saturated rings. The lowest BCUT2D eigenvalue weighted by molar-refractivity contribution is -0.148. The van der Waals surface area contributed by atoms with Gasteiger partial charge in [0.25, 0.3) is 0 Å². The highest BCUT2D eigenvalue weighted by atomic mass is 16.5. The summed E-state index contributed by atoms with van der Waals surface area (Å²) in [5.74, 6) is 0.262. The molecule has 0 aliphatic carbocycles. The van der Waals surface area contributed by atoms with Crippen molar-refractivity contribution < 1.29 is 19.1 Å². The highest BCUT2D eigenvalue weighted by molar-refractivity contribution is 5.79. The molecule has 1 rings (SSSR count). The van der Waals surface area contributed by atoms with Crippen LogP contribution in [0.15, 0.2) is 24.3 Å². The van der Waals surface area contributed by atoms with E-state index >= 15 is 0 Å². The Morgan fingerprint density at radius 2 is 1.75 bits per heavy atom. The van der Waals surface area contributed by atoms with E-state index in [1.807, 2.05) is 25.1 Å². The summed E-state index contributed by atoms with van der Waals surface area (Å²) in [7, 11) is 0. The van der Waals surface area contributed by atoms with Gasteiger partial charge in [0.1, 0.15) is 5.75 Å². The number of unbranched alkanes of at least 4 members (excludes halogenated alkanes) is 1. The van der Waals surface area contributed by atoms with Gasteiger partial charge in [-0.15, -0.1) is 0 Å². The maximum Gasteiger partial charge on any atom is 0.311 e. The standard InChI is InChI=1S/C20H30O4/c1-4-7-10-16(5-2)15-23-19(21)13-14-20(22)24-18-12-9-8-11-17(18)6-3/h8-9,11-12,16H,4-7,10,13-15H2,1-3H3. The third-order valence-corrected chi connectivity index (χ3v) is 4.13. The fourth-order valence-corrected chi connectivity index (χ4v) is 2.45. The van der Waals surface area contributed by atoms with Crippen LogP contribution < -0.4 is 4.74 Å². The molecule has 0 aliphatic heterocycles. The first-order valence-electron chi connectivity index (χ1n) is 9.04. The van der Waals surface area contributed by atoms with Gasteiger partial charge in [-0.25, -0.2) is 0 Å². The number of rotatable bonds is 11. The maximum atomic E-state index is 11.9. The van der Waals surface area contributed by atoms with Crippen LogP contribution in [0.5, 0.6) is 5.75 Å². The fraction of sp³-hybridized carbons (Fsp3) is 0.600. The Hall–Kier alpha value is -1.84. The average molecular weight is 334 g/mol. The van der Waals surface area contributed by atoms with Crippen LogP contribution in [0.4, 0.5) is 0 Å². The largest absolute Gasteiger partial charge is 0.465 e. The molecule has 0 radical (unpaired) electrons. The van der Waals surface area contributed by atoms with Crippen molar-refractivity contribution in [1.29, 1.82) is 0 Å². The summed E-state index contributed by atoms with van der Waals surface area (Å²) in [6.07, 6.45) is 5.29. The normalized spacial score (nSPS) is 11.8. The van der Waals surface area contributed by atoms with E-state index in [0.717, 1.165) is 37.7 Å². The molecular weight excluding hydrogens is 304 g/mol. The van der Waals surface area contributed by atoms with Gasteiger partial charge in [-0.3, -0.25) is 9.59 Å². The number of carbonyl (C=O) groups excluding carboxylic acids is 2. The third-order valence-electron chi connectivity index (χ3n) is 4.13. The molecule has 0 aromatic heterocycles. The Labute approximate surface area is 145 Å². The molecule has 24 heavy (non-hydrogen) atoms. The van der Waals surface area contributed by atoms with Crippen molar-refractivity contribution in [3.63, 3.8) is 0 Å². The molecule has 0 N–H and O–H groups in total. The summed E-state index contributed by atoms with van der Waals surface area (Å²) in [6, 6.07) is 7.44. The van der Waals surface area contributed by atoms with Gasteiger partial charge in [-0.2, -0.15) is 0 Å². The summed E-state index contributed by atoms with van der Waals surface area (Å²) in [6.45, 7) is 6.72. The van der Waals surface area contributed by atoms with Gasteiger partial charge >= 0.3 is 11.9 Å². The van der Waals surface area contributed by atoms with Crippen LogP contribution in [0.2, 0.25) is 0 Å². The van der Waals surface area contributed by atoms with E-state index in [0.29, 0.717) is 18.3 Å². The van der Waals surface area contributed by atoms with Crippen LogP contribution >= 0.6 is 0 Å². The first-order valence-corrected chi connectivity index (χ1v) is 9.04. The average Bonchev–Trinajstić information content (AvgIpc) is 2.60. The summed E-state index contributed by atoms with van der Waals surface area (Å²) in [4.78, 5) is 23.7. The minimum absolute atomic E-state index is 0.0443. The summed E-state index contributed by atoms with van der Waals surface area (Å²) >= 11 is 0. The zero-order valence-electron chi connectivity index (χ0n) is 15.2. The van der Waals surface area contributed by atoms with E-state index in [1.54, 1.807) is 6.07 Å². The lowest BCUT2D eigenvalue weighted by Gasteiger charge is -2.14. The number of hydrogen-bond donors (Lipinski definition) is 0. The van der Waals surface area contributed by atoms with E-state index in [9.17, 15) is 9.59 Å². The van der Waals surface area contributed by atoms with Gasteiger partial charge < -0.3 is 9.47 Å². The Morgan fingerprint density at radius 1 is 1.04 bits per heavy atom. The molecule has 0 heterocycles. The number of hydrogen-bond acceptors (Lipinski definition) is 4. The van der Waals surface area contributed by atoms with Crippen LogP contribution in [-0.2, 0) is 20.7 Å². The molecule has 1 aromatic carbocycles. The van der Waals surface area contributed by atoms with Gasteiger partial charge in [0.15, 0.2) is 0 Å². The maximum absolute atomic E-state index is 11.9. The molecule has 0 spiro atoms. The molecule has 0 saturated carbocycles. The van der Waals surface area contributed by atoms with E-state index in [4.69, 9.17) is 9.47 Å². The highest BCUT2D eigenvalue weighted by Gasteiger charge is 2.13. The number of esters is 2. The molecular formula is C20H30O4. The third kappa shape index (κ3) is 7.62. The van der Waals surface area contributed by atoms with Gasteiger partial charge in [0.05, 0.1) is 19.4 Å². The second-order valence-corrected chi connectivity index (χ2v) is 6.03. The van der Waals surface area contributed by atoms with Crippen LogP contribution in [0.25, 0.3) is 0 Å². The van der Waals surface area contributed by atoms with Crippen molar-refractivity contribution in [2.75, 3.05) is 6.61 Å². The van der Waals surface area contributed by atoms with Gasteiger partial charge in [-0.05, 0) is 30.4 Å². The topological polar surface area (TPSA) is 52.6 Å². The number of ether oxygens (including phenoxy) is 2. The Balaban J connectivity index is 2.32. The van der Waals surface area contributed by atoms with Crippen molar-refractivity contribution in [2.45, 2.75) is 65.7 Å². The number of carbonyl (C=O) groups is 2. The number of aryl methyl sites for hydroxylation is 1. The van der Waals surface area contributed by atoms with Crippen molar-refractivity contribution in [1.82, 2.24) is 0 Å². The molecule has 1 aromatic rings. The SMILES string of the molecule is CCCCC(CC)COC(=O)CCC(=O)Oc1ccccc1CC. The molecule has 1 atom stereocenters. The molecule has 0 saturated heterocycles. The predicted molar refractivity (Wildman–Crippen MR) is 95.0 cm³/mol. The highest BCUT2D eigenvalue weighted by Crippen LogP contribution is 2.19. The molecule has 0 amide bonds. The minimum atomic E-state index is -0.397. The predicted octanol–water partition coefficient (Wildman–Crippen LogP) is 4.69. The Bertz CT molecular complexity index is 510. The molecule has 1 unspecified atom stereocenters. The first kappa shape index (κ1) is 20.2. The number of benzene rings is 1. The van der Waals surface area contributed by atoms with Gasteiger partial charge in [0.2, 0.25) is 0 Å². The second-order valence-electron chi connectivity index (χ2n) is 6.03. The summed E-state index contributed by atoms with van der Waals surface area (Å²) in [5, 5.41) is 0. The Morgan fingerprint density at radius 3 is 2.42 bits per heavy atom. The first-order chi connectivity index (χ1) is 11.6. The quantitative estimate of drug-likeness (QED) is 0.435. The lowest BCUT2D eigenvalue weighted by Crippen LogP contribution is -2.16. The zero-order chi connectivity index (χ0) is 17.8.